The van der Waals surface area contributed by atoms with E-state index in [1.54, 1.807) is 24.3 Å². The van der Waals surface area contributed by atoms with Gasteiger partial charge < -0.3 is 4.74 Å². The lowest BCUT2D eigenvalue weighted by Gasteiger charge is -2.12. The Kier molecular flexibility index (Phi) is 2.14. The molecule has 0 radical (unpaired) electrons. The third-order valence-electron chi connectivity index (χ3n) is 1.91. The van der Waals surface area contributed by atoms with Crippen LogP contribution in [-0.4, -0.2) is 11.8 Å². The highest BCUT2D eigenvalue weighted by Crippen LogP contribution is 2.20. The first kappa shape index (κ1) is 8.69. The van der Waals surface area contributed by atoms with Crippen molar-refractivity contribution in [1.29, 1.82) is 0 Å². The van der Waals surface area contributed by atoms with Crippen LogP contribution in [0.3, 0.4) is 0 Å². The van der Waals surface area contributed by atoms with E-state index in [1.807, 2.05) is 0 Å². The molecule has 3 heteroatoms. The molecule has 14 heavy (non-hydrogen) atoms. The summed E-state index contributed by atoms with van der Waals surface area (Å²) in [6.07, 6.45) is 9.95. The van der Waals surface area contributed by atoms with Gasteiger partial charge in [-0.2, -0.15) is 0 Å². The van der Waals surface area contributed by atoms with E-state index in [2.05, 4.69) is 0 Å². The number of hydrogen-bond donors (Lipinski definition) is 0. The van der Waals surface area contributed by atoms with Gasteiger partial charge in [-0.1, -0.05) is 18.2 Å². The van der Waals surface area contributed by atoms with Gasteiger partial charge in [-0.05, 0) is 12.2 Å². The Balaban J connectivity index is 2.40. The summed E-state index contributed by atoms with van der Waals surface area (Å²) < 4.78 is 5.00. The molecule has 0 unspecified atom stereocenters. The Morgan fingerprint density at radius 1 is 1.21 bits per heavy atom. The molecule has 1 heterocycles. The van der Waals surface area contributed by atoms with E-state index >= 15 is 0 Å². The molecule has 0 N–H and O–H groups in total. The van der Waals surface area contributed by atoms with E-state index in [0.717, 1.165) is 5.57 Å². The lowest BCUT2D eigenvalue weighted by molar-refractivity contribution is -0.138. The Hall–Kier alpha value is -1.90. The molecule has 70 valence electrons. The average molecular weight is 188 g/mol. The highest BCUT2D eigenvalue weighted by molar-refractivity contribution is 6.02. The van der Waals surface area contributed by atoms with Crippen LogP contribution in [0.2, 0.25) is 0 Å². The number of carbonyl (C=O) groups is 2. The van der Waals surface area contributed by atoms with Crippen LogP contribution in [0.4, 0.5) is 0 Å². The van der Waals surface area contributed by atoms with Gasteiger partial charge in [0.1, 0.15) is 5.76 Å². The van der Waals surface area contributed by atoms with Crippen LogP contribution in [0.1, 0.15) is 6.42 Å². The molecule has 1 aliphatic heterocycles. The lowest BCUT2D eigenvalue weighted by Crippen LogP contribution is -2.09. The number of ether oxygens (including phenoxy) is 1. The summed E-state index contributed by atoms with van der Waals surface area (Å²) in [5.41, 5.74) is 0.744. The van der Waals surface area contributed by atoms with Gasteiger partial charge in [0.2, 0.25) is 0 Å². The first-order valence-corrected chi connectivity index (χ1v) is 4.27. The molecule has 0 aromatic heterocycles. The van der Waals surface area contributed by atoms with E-state index < -0.39 is 0 Å². The Morgan fingerprint density at radius 2 is 2.07 bits per heavy atom. The zero-order valence-corrected chi connectivity index (χ0v) is 7.40. The number of fused-ring (bicyclic) bond motifs is 1. The molecule has 2 rings (SSSR count). The predicted molar refractivity (Wildman–Crippen MR) is 50.2 cm³/mol. The highest BCUT2D eigenvalue weighted by Gasteiger charge is 2.15. The first-order valence-electron chi connectivity index (χ1n) is 4.27. The quantitative estimate of drug-likeness (QED) is 0.540. The van der Waals surface area contributed by atoms with E-state index in [4.69, 9.17) is 4.74 Å². The first-order chi connectivity index (χ1) is 6.75. The maximum absolute atomic E-state index is 11.1. The van der Waals surface area contributed by atoms with Crippen molar-refractivity contribution in [2.75, 3.05) is 0 Å². The van der Waals surface area contributed by atoms with Gasteiger partial charge >= 0.3 is 5.97 Å². The van der Waals surface area contributed by atoms with Crippen molar-refractivity contribution in [3.63, 3.8) is 0 Å². The number of hydrogen-bond acceptors (Lipinski definition) is 3. The van der Waals surface area contributed by atoms with Gasteiger partial charge in [0.15, 0.2) is 5.78 Å². The van der Waals surface area contributed by atoms with E-state index in [9.17, 15) is 9.59 Å². The summed E-state index contributed by atoms with van der Waals surface area (Å²) in [5, 5.41) is 0. The molecule has 0 spiro atoms. The SMILES string of the molecule is O=C1C=CC2=CC=CCC(=O)OC2=C1. The number of ketones is 1. The maximum Gasteiger partial charge on any atom is 0.315 e. The van der Waals surface area contributed by atoms with Crippen molar-refractivity contribution in [1.82, 2.24) is 0 Å². The molecule has 0 aromatic carbocycles. The van der Waals surface area contributed by atoms with Crippen molar-refractivity contribution in [3.05, 3.63) is 47.8 Å². The van der Waals surface area contributed by atoms with E-state index in [-0.39, 0.29) is 18.2 Å². The van der Waals surface area contributed by atoms with Crippen molar-refractivity contribution in [3.8, 4) is 0 Å². The van der Waals surface area contributed by atoms with Crippen LogP contribution < -0.4 is 0 Å². The number of carbonyl (C=O) groups excluding carboxylic acids is 2. The molecular formula is C11H8O3. The third kappa shape index (κ3) is 1.71. The zero-order chi connectivity index (χ0) is 9.97. The zero-order valence-electron chi connectivity index (χ0n) is 7.40. The summed E-state index contributed by atoms with van der Waals surface area (Å²) >= 11 is 0. The minimum absolute atomic E-state index is 0.158. The van der Waals surface area contributed by atoms with Gasteiger partial charge in [0.25, 0.3) is 0 Å². The summed E-state index contributed by atoms with van der Waals surface area (Å²) in [5.74, 6) is -0.164. The molecule has 1 aliphatic carbocycles. The number of esters is 1. The van der Waals surface area contributed by atoms with Crippen molar-refractivity contribution in [2.24, 2.45) is 0 Å². The molecule has 0 atom stereocenters. The lowest BCUT2D eigenvalue weighted by atomic mass is 10.1. The van der Waals surface area contributed by atoms with Crippen molar-refractivity contribution >= 4 is 11.8 Å². The topological polar surface area (TPSA) is 43.4 Å². The fourth-order valence-electron chi connectivity index (χ4n) is 1.24. The van der Waals surface area contributed by atoms with Crippen molar-refractivity contribution in [2.45, 2.75) is 6.42 Å². The van der Waals surface area contributed by atoms with Gasteiger partial charge in [-0.3, -0.25) is 9.59 Å². The summed E-state index contributed by atoms with van der Waals surface area (Å²) in [7, 11) is 0. The second-order valence-electron chi connectivity index (χ2n) is 2.97. The second kappa shape index (κ2) is 3.46. The minimum atomic E-state index is -0.346. The molecular weight excluding hydrogens is 180 g/mol. The van der Waals surface area contributed by atoms with Gasteiger partial charge in [0.05, 0.1) is 6.42 Å². The largest absolute Gasteiger partial charge is 0.426 e. The molecule has 0 saturated heterocycles. The average Bonchev–Trinajstić information content (AvgIpc) is 2.12. The normalized spacial score (nSPS) is 20.3. The summed E-state index contributed by atoms with van der Waals surface area (Å²) in [6, 6.07) is 0. The van der Waals surface area contributed by atoms with Crippen molar-refractivity contribution < 1.29 is 14.3 Å². The van der Waals surface area contributed by atoms with Crippen LogP contribution >= 0.6 is 0 Å². The van der Waals surface area contributed by atoms with Crippen LogP contribution in [0, 0.1) is 0 Å². The Morgan fingerprint density at radius 3 is 2.93 bits per heavy atom. The fourth-order valence-corrected chi connectivity index (χ4v) is 1.24. The molecule has 0 fully saturated rings. The molecule has 2 aliphatic rings. The summed E-state index contributed by atoms with van der Waals surface area (Å²) in [4.78, 5) is 22.1. The maximum atomic E-state index is 11.1. The number of rotatable bonds is 0. The number of allylic oxidation sites excluding steroid dienone is 5. The van der Waals surface area contributed by atoms with E-state index in [1.165, 1.54) is 12.2 Å². The minimum Gasteiger partial charge on any atom is -0.426 e. The van der Waals surface area contributed by atoms with Crippen LogP contribution in [0.5, 0.6) is 0 Å². The monoisotopic (exact) mass is 188 g/mol. The molecule has 0 amide bonds. The smallest absolute Gasteiger partial charge is 0.315 e. The van der Waals surface area contributed by atoms with Crippen LogP contribution in [-0.2, 0) is 14.3 Å². The third-order valence-corrected chi connectivity index (χ3v) is 1.91. The Bertz CT molecular complexity index is 408. The van der Waals surface area contributed by atoms with Crippen LogP contribution in [0.25, 0.3) is 0 Å². The summed E-state index contributed by atoms with van der Waals surface area (Å²) in [6.45, 7) is 0. The van der Waals surface area contributed by atoms with Gasteiger partial charge in [-0.15, -0.1) is 0 Å². The standard InChI is InChI=1S/C11H8O3/c12-9-6-5-8-3-1-2-4-11(13)14-10(8)7-9/h1-3,5-7H,4H2. The second-order valence-corrected chi connectivity index (χ2v) is 2.97. The van der Waals surface area contributed by atoms with Crippen LogP contribution in [0.15, 0.2) is 47.8 Å². The Labute approximate surface area is 81.1 Å². The molecule has 0 bridgehead atoms. The van der Waals surface area contributed by atoms with Gasteiger partial charge in [-0.25, -0.2) is 0 Å². The molecule has 0 saturated carbocycles. The molecule has 0 aromatic rings. The van der Waals surface area contributed by atoms with E-state index in [0.29, 0.717) is 5.76 Å². The highest BCUT2D eigenvalue weighted by atomic mass is 16.5. The fraction of sp³-hybridized carbons (Fsp3) is 0.0909. The molecule has 3 nitrogen and oxygen atoms in total. The predicted octanol–water partition coefficient (Wildman–Crippen LogP) is 1.44. The van der Waals surface area contributed by atoms with Gasteiger partial charge in [0, 0.05) is 11.6 Å².